The van der Waals surface area contributed by atoms with Crippen molar-refractivity contribution in [3.63, 3.8) is 0 Å². The molecule has 0 saturated heterocycles. The van der Waals surface area contributed by atoms with Crippen LogP contribution in [0.5, 0.6) is 0 Å². The normalized spacial score (nSPS) is 20.0. The van der Waals surface area contributed by atoms with Crippen molar-refractivity contribution in [1.29, 1.82) is 0 Å². The number of anilines is 1. The number of nitrogens with zero attached hydrogens (tertiary/aromatic N) is 1. The molecule has 0 aliphatic carbocycles. The number of halogens is 2. The van der Waals surface area contributed by atoms with E-state index in [9.17, 15) is 13.6 Å². The van der Waals surface area contributed by atoms with Crippen LogP contribution in [-0.4, -0.2) is 16.8 Å². The van der Waals surface area contributed by atoms with Crippen LogP contribution in [0.1, 0.15) is 29.3 Å². The molecule has 1 amide bonds. The molecule has 4 nitrogen and oxygen atoms in total. The minimum atomic E-state index is -1.06. The fourth-order valence-electron chi connectivity index (χ4n) is 2.67. The number of thioether (sulfide) groups is 1. The Morgan fingerprint density at radius 3 is 2.76 bits per heavy atom. The quantitative estimate of drug-likeness (QED) is 0.872. The van der Waals surface area contributed by atoms with Crippen LogP contribution in [0.3, 0.4) is 0 Å². The number of rotatable bonds is 3. The molecule has 1 unspecified atom stereocenters. The molecule has 0 aromatic heterocycles. The highest BCUT2D eigenvalue weighted by Gasteiger charge is 2.29. The minimum absolute atomic E-state index is 0.0480. The SMILES string of the molecule is CC1(c2cccc(NC(=O)c3ccc(F)c(F)c3)c2)CCSC(N)=N1. The molecule has 7 heteroatoms. The predicted octanol–water partition coefficient (Wildman–Crippen LogP) is 3.88. The van der Waals surface area contributed by atoms with Gasteiger partial charge in [0.1, 0.15) is 0 Å². The highest BCUT2D eigenvalue weighted by molar-refractivity contribution is 8.13. The topological polar surface area (TPSA) is 67.5 Å². The zero-order chi connectivity index (χ0) is 18.0. The van der Waals surface area contributed by atoms with Gasteiger partial charge >= 0.3 is 0 Å². The fraction of sp³-hybridized carbons (Fsp3) is 0.222. The van der Waals surface area contributed by atoms with Gasteiger partial charge in [-0.2, -0.15) is 0 Å². The summed E-state index contributed by atoms with van der Waals surface area (Å²) in [5.41, 5.74) is 6.93. The van der Waals surface area contributed by atoms with Crippen molar-refractivity contribution >= 4 is 28.5 Å². The van der Waals surface area contributed by atoms with Crippen molar-refractivity contribution < 1.29 is 13.6 Å². The Labute approximate surface area is 148 Å². The third-order valence-electron chi connectivity index (χ3n) is 4.12. The van der Waals surface area contributed by atoms with E-state index in [1.807, 2.05) is 25.1 Å². The van der Waals surface area contributed by atoms with Crippen molar-refractivity contribution in [2.45, 2.75) is 18.9 Å². The van der Waals surface area contributed by atoms with E-state index in [0.29, 0.717) is 10.9 Å². The molecule has 1 aliphatic rings. The molecule has 0 radical (unpaired) electrons. The molecule has 130 valence electrons. The van der Waals surface area contributed by atoms with E-state index in [-0.39, 0.29) is 5.56 Å². The molecular weight excluding hydrogens is 344 g/mol. The fourth-order valence-corrected chi connectivity index (χ4v) is 3.64. The summed E-state index contributed by atoms with van der Waals surface area (Å²) in [6.45, 7) is 2.00. The standard InChI is InChI=1S/C18H17F2N3OS/c1-18(7-8-25-17(21)23-18)12-3-2-4-13(10-12)22-16(24)11-5-6-14(19)15(20)9-11/h2-6,9-10H,7-8H2,1H3,(H2,21,23)(H,22,24). The lowest BCUT2D eigenvalue weighted by atomic mass is 9.89. The number of carbonyl (C=O) groups is 1. The first-order valence-electron chi connectivity index (χ1n) is 7.72. The zero-order valence-corrected chi connectivity index (χ0v) is 14.4. The lowest BCUT2D eigenvalue weighted by Crippen LogP contribution is -2.28. The van der Waals surface area contributed by atoms with Crippen LogP contribution < -0.4 is 11.1 Å². The van der Waals surface area contributed by atoms with Crippen LogP contribution in [0.15, 0.2) is 47.5 Å². The van der Waals surface area contributed by atoms with Gasteiger partial charge in [0.15, 0.2) is 16.8 Å². The minimum Gasteiger partial charge on any atom is -0.379 e. The van der Waals surface area contributed by atoms with E-state index >= 15 is 0 Å². The van der Waals surface area contributed by atoms with Gasteiger partial charge in [-0.25, -0.2) is 8.78 Å². The molecule has 3 N–H and O–H groups in total. The monoisotopic (exact) mass is 361 g/mol. The summed E-state index contributed by atoms with van der Waals surface area (Å²) in [6, 6.07) is 10.3. The van der Waals surface area contributed by atoms with Crippen LogP contribution in [0.4, 0.5) is 14.5 Å². The second-order valence-corrected chi connectivity index (χ2v) is 7.10. The first kappa shape index (κ1) is 17.4. The Bertz CT molecular complexity index is 856. The molecule has 0 saturated carbocycles. The van der Waals surface area contributed by atoms with E-state index < -0.39 is 23.1 Å². The number of carbonyl (C=O) groups excluding carboxylic acids is 1. The van der Waals surface area contributed by atoms with E-state index in [1.165, 1.54) is 17.8 Å². The molecule has 25 heavy (non-hydrogen) atoms. The van der Waals surface area contributed by atoms with Gasteiger partial charge in [-0.1, -0.05) is 23.9 Å². The Morgan fingerprint density at radius 2 is 2.04 bits per heavy atom. The molecule has 1 heterocycles. The molecule has 2 aromatic rings. The summed E-state index contributed by atoms with van der Waals surface area (Å²) in [7, 11) is 0. The number of aliphatic imine (C=N–C) groups is 1. The van der Waals surface area contributed by atoms with Crippen molar-refractivity contribution in [2.24, 2.45) is 10.7 Å². The van der Waals surface area contributed by atoms with E-state index in [4.69, 9.17) is 5.73 Å². The first-order valence-corrected chi connectivity index (χ1v) is 8.71. The summed E-state index contributed by atoms with van der Waals surface area (Å²) >= 11 is 1.52. The largest absolute Gasteiger partial charge is 0.379 e. The summed E-state index contributed by atoms with van der Waals surface area (Å²) in [5.74, 6) is -1.68. The highest BCUT2D eigenvalue weighted by atomic mass is 32.2. The predicted molar refractivity (Wildman–Crippen MR) is 96.8 cm³/mol. The van der Waals surface area contributed by atoms with Gasteiger partial charge in [0, 0.05) is 17.0 Å². The Morgan fingerprint density at radius 1 is 1.24 bits per heavy atom. The third kappa shape index (κ3) is 3.82. The number of nitrogens with two attached hydrogens (primary N) is 1. The van der Waals surface area contributed by atoms with Crippen molar-refractivity contribution in [3.05, 3.63) is 65.2 Å². The summed E-state index contributed by atoms with van der Waals surface area (Å²) in [5, 5.41) is 3.25. The number of hydrogen-bond donors (Lipinski definition) is 2. The molecule has 3 rings (SSSR count). The van der Waals surface area contributed by atoms with E-state index in [1.54, 1.807) is 6.07 Å². The lowest BCUT2D eigenvalue weighted by molar-refractivity contribution is 0.102. The average Bonchev–Trinajstić information content (AvgIpc) is 2.57. The smallest absolute Gasteiger partial charge is 0.255 e. The van der Waals surface area contributed by atoms with Crippen molar-refractivity contribution in [3.8, 4) is 0 Å². The van der Waals surface area contributed by atoms with E-state index in [0.717, 1.165) is 29.9 Å². The average molecular weight is 361 g/mol. The molecule has 2 aromatic carbocycles. The van der Waals surface area contributed by atoms with Gasteiger partial charge in [-0.15, -0.1) is 0 Å². The third-order valence-corrected chi connectivity index (χ3v) is 4.92. The maximum atomic E-state index is 13.3. The Hall–Kier alpha value is -2.41. The van der Waals surface area contributed by atoms with Crippen molar-refractivity contribution in [2.75, 3.05) is 11.1 Å². The van der Waals surface area contributed by atoms with Crippen LogP contribution in [0, 0.1) is 11.6 Å². The van der Waals surface area contributed by atoms with Gasteiger partial charge in [-0.3, -0.25) is 9.79 Å². The second kappa shape index (κ2) is 6.84. The molecule has 1 aliphatic heterocycles. The van der Waals surface area contributed by atoms with Crippen LogP contribution in [0.2, 0.25) is 0 Å². The number of amides is 1. The summed E-state index contributed by atoms with van der Waals surface area (Å²) < 4.78 is 26.3. The van der Waals surface area contributed by atoms with Gasteiger partial charge in [0.25, 0.3) is 5.91 Å². The zero-order valence-electron chi connectivity index (χ0n) is 13.6. The number of amidine groups is 1. The maximum Gasteiger partial charge on any atom is 0.255 e. The molecule has 1 atom stereocenters. The molecule has 0 fully saturated rings. The summed E-state index contributed by atoms with van der Waals surface area (Å²) in [4.78, 5) is 16.8. The number of hydrogen-bond acceptors (Lipinski definition) is 4. The first-order chi connectivity index (χ1) is 11.9. The van der Waals surface area contributed by atoms with E-state index in [2.05, 4.69) is 10.3 Å². The number of benzene rings is 2. The highest BCUT2D eigenvalue weighted by Crippen LogP contribution is 2.35. The molecule has 0 bridgehead atoms. The second-order valence-electron chi connectivity index (χ2n) is 5.99. The van der Waals surface area contributed by atoms with Crippen molar-refractivity contribution in [1.82, 2.24) is 0 Å². The van der Waals surface area contributed by atoms with Gasteiger partial charge in [0.05, 0.1) is 5.54 Å². The molecular formula is C18H17F2N3OS. The maximum absolute atomic E-state index is 13.3. The lowest BCUT2D eigenvalue weighted by Gasteiger charge is -2.30. The van der Waals surface area contributed by atoms with Crippen LogP contribution in [-0.2, 0) is 5.54 Å². The van der Waals surface area contributed by atoms with Crippen LogP contribution in [0.25, 0.3) is 0 Å². The van der Waals surface area contributed by atoms with Crippen LogP contribution >= 0.6 is 11.8 Å². The van der Waals surface area contributed by atoms with Gasteiger partial charge in [0.2, 0.25) is 0 Å². The number of nitrogens with one attached hydrogen (secondary N) is 1. The van der Waals surface area contributed by atoms with Gasteiger partial charge in [-0.05, 0) is 49.2 Å². The Kier molecular flexibility index (Phi) is 4.76. The Balaban J connectivity index is 1.83. The summed E-state index contributed by atoms with van der Waals surface area (Å²) in [6.07, 6.45) is 0.832. The molecule has 0 spiro atoms. The van der Waals surface area contributed by atoms with Gasteiger partial charge < -0.3 is 11.1 Å².